The molecule has 2 aromatic heterocycles. The summed E-state index contributed by atoms with van der Waals surface area (Å²) >= 11 is 5.78. The van der Waals surface area contributed by atoms with Crippen LogP contribution in [-0.4, -0.2) is 21.0 Å². The minimum absolute atomic E-state index is 0.269. The average Bonchev–Trinajstić information content (AvgIpc) is 3.20. The molecule has 4 aromatic rings. The third-order valence-corrected chi connectivity index (χ3v) is 4.10. The van der Waals surface area contributed by atoms with E-state index in [1.807, 2.05) is 0 Å². The van der Waals surface area contributed by atoms with Gasteiger partial charge < -0.3 is 9.84 Å². The van der Waals surface area contributed by atoms with Crippen LogP contribution < -0.4 is 5.32 Å². The van der Waals surface area contributed by atoms with Gasteiger partial charge in [0.05, 0.1) is 5.02 Å². The molecular formula is C20H12ClFN4O2. The highest BCUT2D eigenvalue weighted by molar-refractivity contribution is 6.30. The van der Waals surface area contributed by atoms with Crippen molar-refractivity contribution in [1.82, 2.24) is 15.1 Å². The van der Waals surface area contributed by atoms with E-state index < -0.39 is 0 Å². The molecule has 8 heteroatoms. The zero-order valence-corrected chi connectivity index (χ0v) is 15.0. The van der Waals surface area contributed by atoms with Gasteiger partial charge in [0.1, 0.15) is 11.6 Å². The predicted octanol–water partition coefficient (Wildman–Crippen LogP) is 4.84. The van der Waals surface area contributed by atoms with E-state index in [2.05, 4.69) is 20.4 Å². The molecule has 28 heavy (non-hydrogen) atoms. The van der Waals surface area contributed by atoms with Crippen LogP contribution in [0.5, 0.6) is 0 Å². The molecule has 4 rings (SSSR count). The van der Waals surface area contributed by atoms with Gasteiger partial charge in [0.2, 0.25) is 5.82 Å². The molecule has 1 amide bonds. The van der Waals surface area contributed by atoms with Gasteiger partial charge in [0.25, 0.3) is 11.8 Å². The topological polar surface area (TPSA) is 80.9 Å². The van der Waals surface area contributed by atoms with Crippen molar-refractivity contribution >= 4 is 23.3 Å². The van der Waals surface area contributed by atoms with Gasteiger partial charge in [-0.05, 0) is 48.5 Å². The maximum atomic E-state index is 13.3. The van der Waals surface area contributed by atoms with Crippen LogP contribution in [0.1, 0.15) is 10.4 Å². The number of rotatable bonds is 4. The van der Waals surface area contributed by atoms with E-state index >= 15 is 0 Å². The van der Waals surface area contributed by atoms with E-state index in [4.69, 9.17) is 16.1 Å². The van der Waals surface area contributed by atoms with E-state index in [0.29, 0.717) is 27.5 Å². The van der Waals surface area contributed by atoms with Crippen LogP contribution in [0.15, 0.2) is 71.4 Å². The van der Waals surface area contributed by atoms with Gasteiger partial charge in [-0.25, -0.2) is 9.37 Å². The fraction of sp³-hybridized carbons (Fsp3) is 0. The van der Waals surface area contributed by atoms with Gasteiger partial charge in [0, 0.05) is 22.9 Å². The van der Waals surface area contributed by atoms with Crippen molar-refractivity contribution in [2.24, 2.45) is 0 Å². The monoisotopic (exact) mass is 394 g/mol. The highest BCUT2D eigenvalue weighted by Gasteiger charge is 2.13. The average molecular weight is 395 g/mol. The molecule has 0 radical (unpaired) electrons. The van der Waals surface area contributed by atoms with Crippen LogP contribution in [0.25, 0.3) is 22.8 Å². The quantitative estimate of drug-likeness (QED) is 0.535. The van der Waals surface area contributed by atoms with Crippen LogP contribution in [0.4, 0.5) is 10.2 Å². The summed E-state index contributed by atoms with van der Waals surface area (Å²) in [5.41, 5.74) is 1.59. The molecule has 0 aliphatic carbocycles. The summed E-state index contributed by atoms with van der Waals surface area (Å²) in [5.74, 6) is 0.257. The first-order valence-electron chi connectivity index (χ1n) is 8.21. The molecule has 2 heterocycles. The fourth-order valence-electron chi connectivity index (χ4n) is 2.49. The number of halogens is 2. The molecule has 0 fully saturated rings. The van der Waals surface area contributed by atoms with Gasteiger partial charge in [-0.3, -0.25) is 4.79 Å². The first-order chi connectivity index (χ1) is 13.6. The Morgan fingerprint density at radius 2 is 1.86 bits per heavy atom. The molecule has 6 nitrogen and oxygen atoms in total. The van der Waals surface area contributed by atoms with Gasteiger partial charge >= 0.3 is 0 Å². The summed E-state index contributed by atoms with van der Waals surface area (Å²) in [5, 5.41) is 7.04. The molecule has 0 bridgehead atoms. The number of carbonyl (C=O) groups excluding carboxylic acids is 1. The summed E-state index contributed by atoms with van der Waals surface area (Å²) in [7, 11) is 0. The van der Waals surface area contributed by atoms with Crippen LogP contribution in [0.3, 0.4) is 0 Å². The summed E-state index contributed by atoms with van der Waals surface area (Å²) in [6.45, 7) is 0. The molecule has 0 saturated heterocycles. The molecule has 0 unspecified atom stereocenters. The van der Waals surface area contributed by atoms with Crippen molar-refractivity contribution in [3.05, 3.63) is 83.3 Å². The number of hydrogen-bond acceptors (Lipinski definition) is 5. The molecule has 0 spiro atoms. The Labute approximate surface area is 164 Å². The summed E-state index contributed by atoms with van der Waals surface area (Å²) in [6, 6.07) is 15.8. The molecule has 1 N–H and O–H groups in total. The first kappa shape index (κ1) is 17.8. The van der Waals surface area contributed by atoms with Crippen molar-refractivity contribution in [3.8, 4) is 22.8 Å². The van der Waals surface area contributed by atoms with Crippen LogP contribution in [0, 0.1) is 5.82 Å². The lowest BCUT2D eigenvalue weighted by Gasteiger charge is -2.04. The van der Waals surface area contributed by atoms with Crippen LogP contribution in [0.2, 0.25) is 5.02 Å². The molecule has 0 atom stereocenters. The zero-order valence-electron chi connectivity index (χ0n) is 14.3. The van der Waals surface area contributed by atoms with E-state index in [1.54, 1.807) is 48.5 Å². The normalized spacial score (nSPS) is 10.6. The highest BCUT2D eigenvalue weighted by atomic mass is 35.5. The van der Waals surface area contributed by atoms with Gasteiger partial charge in [-0.15, -0.1) is 0 Å². The van der Waals surface area contributed by atoms with E-state index in [-0.39, 0.29) is 23.4 Å². The van der Waals surface area contributed by atoms with Crippen molar-refractivity contribution in [2.45, 2.75) is 0 Å². The Balaban J connectivity index is 1.50. The van der Waals surface area contributed by atoms with Crippen LogP contribution in [-0.2, 0) is 0 Å². The molecule has 0 aliphatic rings. The lowest BCUT2D eigenvalue weighted by Crippen LogP contribution is -2.12. The van der Waals surface area contributed by atoms with Gasteiger partial charge in [-0.2, -0.15) is 4.98 Å². The number of nitrogens with one attached hydrogen (secondary N) is 1. The smallest absolute Gasteiger partial charge is 0.258 e. The minimum atomic E-state index is -0.380. The second-order valence-corrected chi connectivity index (χ2v) is 6.26. The maximum Gasteiger partial charge on any atom is 0.258 e. The number of benzene rings is 2. The molecule has 138 valence electrons. The van der Waals surface area contributed by atoms with E-state index in [9.17, 15) is 9.18 Å². The minimum Gasteiger partial charge on any atom is -0.334 e. The number of carbonyl (C=O) groups is 1. The number of nitrogens with zero attached hydrogens (tertiary/aromatic N) is 3. The van der Waals surface area contributed by atoms with Crippen LogP contribution >= 0.6 is 11.6 Å². The summed E-state index contributed by atoms with van der Waals surface area (Å²) in [6.07, 6.45) is 1.45. The third-order valence-electron chi connectivity index (χ3n) is 3.87. The summed E-state index contributed by atoms with van der Waals surface area (Å²) < 4.78 is 18.6. The van der Waals surface area contributed by atoms with E-state index in [1.165, 1.54) is 18.3 Å². The Morgan fingerprint density at radius 1 is 1.04 bits per heavy atom. The van der Waals surface area contributed by atoms with Crippen molar-refractivity contribution in [1.29, 1.82) is 0 Å². The molecular weight excluding hydrogens is 383 g/mol. The number of aromatic nitrogens is 3. The van der Waals surface area contributed by atoms with Gasteiger partial charge in [0.15, 0.2) is 0 Å². The lowest BCUT2D eigenvalue weighted by molar-refractivity contribution is 0.102. The van der Waals surface area contributed by atoms with Crippen molar-refractivity contribution in [2.75, 3.05) is 5.32 Å². The van der Waals surface area contributed by atoms with Crippen molar-refractivity contribution < 1.29 is 13.7 Å². The fourth-order valence-corrected chi connectivity index (χ4v) is 2.60. The van der Waals surface area contributed by atoms with Gasteiger partial charge in [-0.1, -0.05) is 28.9 Å². The molecule has 0 saturated carbocycles. The Morgan fingerprint density at radius 3 is 2.57 bits per heavy atom. The lowest BCUT2D eigenvalue weighted by atomic mass is 10.1. The number of amides is 1. The van der Waals surface area contributed by atoms with E-state index in [0.717, 1.165) is 0 Å². The molecule has 0 aliphatic heterocycles. The maximum absolute atomic E-state index is 13.3. The Hall–Kier alpha value is -3.58. The number of anilines is 1. The largest absolute Gasteiger partial charge is 0.334 e. The SMILES string of the molecule is O=C(Nc1ccc(Cl)cn1)c1ccc(-c2nc(-c3cccc(F)c3)no2)cc1. The second kappa shape index (κ2) is 7.58. The molecule has 2 aromatic carbocycles. The van der Waals surface area contributed by atoms with Crippen molar-refractivity contribution in [3.63, 3.8) is 0 Å². The number of pyridine rings is 1. The first-order valence-corrected chi connectivity index (χ1v) is 8.59. The number of hydrogen-bond donors (Lipinski definition) is 1. The Bertz CT molecular complexity index is 1130. The summed E-state index contributed by atoms with van der Waals surface area (Å²) in [4.78, 5) is 20.6. The highest BCUT2D eigenvalue weighted by Crippen LogP contribution is 2.23. The second-order valence-electron chi connectivity index (χ2n) is 5.83. The Kier molecular flexibility index (Phi) is 4.82. The third kappa shape index (κ3) is 3.89. The zero-order chi connectivity index (χ0) is 19.5. The standard InChI is InChI=1S/C20H12ClFN4O2/c21-15-8-9-17(23-11-15)24-19(27)12-4-6-13(7-5-12)20-25-18(26-28-20)14-2-1-3-16(22)10-14/h1-11H,(H,23,24,27). The predicted molar refractivity (Wildman–Crippen MR) is 102 cm³/mol.